The third-order valence-electron chi connectivity index (χ3n) is 5.28. The Labute approximate surface area is 153 Å². The van der Waals surface area contributed by atoms with Crippen molar-refractivity contribution in [1.82, 2.24) is 25.4 Å². The monoisotopic (exact) mass is 355 g/mol. The molecule has 2 aromatic rings. The minimum Gasteiger partial charge on any atom is -0.381 e. The van der Waals surface area contributed by atoms with Crippen LogP contribution >= 0.6 is 0 Å². The second-order valence-corrected chi connectivity index (χ2v) is 7.11. The van der Waals surface area contributed by atoms with Crippen molar-refractivity contribution in [3.05, 3.63) is 47.5 Å². The molecule has 4 rings (SSSR count). The van der Waals surface area contributed by atoms with Gasteiger partial charge < -0.3 is 10.1 Å². The molecule has 2 saturated heterocycles. The molecule has 2 atom stereocenters. The number of aromatic nitrogens is 3. The Morgan fingerprint density at radius 2 is 2.04 bits per heavy atom. The quantitative estimate of drug-likeness (QED) is 0.874. The molecule has 3 heterocycles. The van der Waals surface area contributed by atoms with Crippen molar-refractivity contribution in [1.29, 1.82) is 0 Å². The maximum atomic E-state index is 12.5. The largest absolute Gasteiger partial charge is 0.381 e. The number of nitrogens with one attached hydrogen (secondary N) is 2. The number of ether oxygens (including phenoxy) is 1. The van der Waals surface area contributed by atoms with Gasteiger partial charge in [0.1, 0.15) is 5.82 Å². The minimum atomic E-state index is -0.0191. The number of nitrogens with zero attached hydrogens (tertiary/aromatic N) is 3. The Bertz CT molecular complexity index is 741. The average molecular weight is 355 g/mol. The first-order valence-electron chi connectivity index (χ1n) is 9.29. The second kappa shape index (κ2) is 7.55. The number of rotatable bonds is 4. The van der Waals surface area contributed by atoms with Crippen LogP contribution in [0.4, 0.5) is 0 Å². The maximum absolute atomic E-state index is 12.5. The number of benzene rings is 1. The molecule has 26 heavy (non-hydrogen) atoms. The van der Waals surface area contributed by atoms with E-state index in [0.717, 1.165) is 50.7 Å². The predicted octanol–water partition coefficient (Wildman–Crippen LogP) is 1.84. The van der Waals surface area contributed by atoms with Crippen LogP contribution in [0.15, 0.2) is 30.3 Å². The predicted molar refractivity (Wildman–Crippen MR) is 96.7 cm³/mol. The molecule has 0 saturated carbocycles. The van der Waals surface area contributed by atoms with Crippen LogP contribution in [0.1, 0.15) is 47.3 Å². The van der Waals surface area contributed by atoms with E-state index in [0.29, 0.717) is 11.6 Å². The van der Waals surface area contributed by atoms with E-state index in [1.807, 2.05) is 37.3 Å². The zero-order valence-corrected chi connectivity index (χ0v) is 15.0. The van der Waals surface area contributed by atoms with Crippen molar-refractivity contribution in [2.75, 3.05) is 19.8 Å². The number of amides is 1. The molecule has 0 spiro atoms. The van der Waals surface area contributed by atoms with Crippen molar-refractivity contribution in [3.63, 3.8) is 0 Å². The van der Waals surface area contributed by atoms with Gasteiger partial charge in [-0.1, -0.05) is 18.2 Å². The zero-order chi connectivity index (χ0) is 17.9. The SMILES string of the molecule is Cc1nc([C@@H]2C[C@H](NC(=O)c3ccccc3)CN2C2CCOCC2)n[nH]1. The summed E-state index contributed by atoms with van der Waals surface area (Å²) in [7, 11) is 0. The van der Waals surface area contributed by atoms with Gasteiger partial charge in [0.15, 0.2) is 5.82 Å². The van der Waals surface area contributed by atoms with Crippen molar-refractivity contribution in [3.8, 4) is 0 Å². The number of aromatic amines is 1. The minimum absolute atomic E-state index is 0.0191. The van der Waals surface area contributed by atoms with E-state index in [-0.39, 0.29) is 18.0 Å². The summed E-state index contributed by atoms with van der Waals surface area (Å²) in [5, 5.41) is 10.5. The van der Waals surface area contributed by atoms with Crippen molar-refractivity contribution >= 4 is 5.91 Å². The number of carbonyl (C=O) groups excluding carboxylic acids is 1. The Kier molecular flexibility index (Phi) is 4.99. The smallest absolute Gasteiger partial charge is 0.251 e. The lowest BCUT2D eigenvalue weighted by atomic mass is 10.1. The first-order valence-corrected chi connectivity index (χ1v) is 9.29. The molecule has 1 aromatic carbocycles. The molecule has 2 aliphatic rings. The molecule has 2 N–H and O–H groups in total. The summed E-state index contributed by atoms with van der Waals surface area (Å²) in [6.45, 7) is 4.32. The highest BCUT2D eigenvalue weighted by atomic mass is 16.5. The number of hydrogen-bond donors (Lipinski definition) is 2. The molecular weight excluding hydrogens is 330 g/mol. The average Bonchev–Trinajstić information content (AvgIpc) is 3.29. The summed E-state index contributed by atoms with van der Waals surface area (Å²) < 4.78 is 5.52. The molecule has 0 radical (unpaired) electrons. The fourth-order valence-corrected chi connectivity index (χ4v) is 4.01. The van der Waals surface area contributed by atoms with Crippen molar-refractivity contribution in [2.24, 2.45) is 0 Å². The van der Waals surface area contributed by atoms with Gasteiger partial charge in [-0.2, -0.15) is 5.10 Å². The fourth-order valence-electron chi connectivity index (χ4n) is 4.01. The van der Waals surface area contributed by atoms with E-state index in [9.17, 15) is 4.79 Å². The Balaban J connectivity index is 1.50. The normalized spacial score (nSPS) is 24.7. The molecule has 0 unspecified atom stereocenters. The molecule has 1 amide bonds. The molecule has 7 nitrogen and oxygen atoms in total. The summed E-state index contributed by atoms with van der Waals surface area (Å²) >= 11 is 0. The summed E-state index contributed by atoms with van der Waals surface area (Å²) in [5.74, 6) is 1.63. The van der Waals surface area contributed by atoms with Gasteiger partial charge in [-0.3, -0.25) is 14.8 Å². The van der Waals surface area contributed by atoms with Crippen LogP contribution in [-0.2, 0) is 4.74 Å². The highest BCUT2D eigenvalue weighted by molar-refractivity contribution is 5.94. The molecule has 0 bridgehead atoms. The van der Waals surface area contributed by atoms with Gasteiger partial charge >= 0.3 is 0 Å². The second-order valence-electron chi connectivity index (χ2n) is 7.11. The van der Waals surface area contributed by atoms with Crippen molar-refractivity contribution in [2.45, 2.75) is 44.3 Å². The lowest BCUT2D eigenvalue weighted by molar-refractivity contribution is 0.0273. The molecule has 1 aromatic heterocycles. The highest BCUT2D eigenvalue weighted by Crippen LogP contribution is 2.34. The van der Waals surface area contributed by atoms with Crippen LogP contribution in [0.3, 0.4) is 0 Å². The van der Waals surface area contributed by atoms with Gasteiger partial charge in [0.05, 0.1) is 6.04 Å². The third kappa shape index (κ3) is 3.64. The fraction of sp³-hybridized carbons (Fsp3) is 0.526. The van der Waals surface area contributed by atoms with Gasteiger partial charge in [0, 0.05) is 37.4 Å². The molecular formula is C19H25N5O2. The van der Waals surface area contributed by atoms with Crippen LogP contribution in [0.2, 0.25) is 0 Å². The lowest BCUT2D eigenvalue weighted by Crippen LogP contribution is -2.42. The topological polar surface area (TPSA) is 83.1 Å². The Morgan fingerprint density at radius 3 is 2.73 bits per heavy atom. The molecule has 0 aliphatic carbocycles. The van der Waals surface area contributed by atoms with E-state index in [1.165, 1.54) is 0 Å². The van der Waals surface area contributed by atoms with Gasteiger partial charge in [-0.05, 0) is 38.3 Å². The molecule has 7 heteroatoms. The van der Waals surface area contributed by atoms with Crippen LogP contribution < -0.4 is 5.32 Å². The summed E-state index contributed by atoms with van der Waals surface area (Å²) in [6, 6.07) is 10.0. The summed E-state index contributed by atoms with van der Waals surface area (Å²) in [6.07, 6.45) is 2.85. The van der Waals surface area contributed by atoms with E-state index in [4.69, 9.17) is 4.74 Å². The standard InChI is InChI=1S/C19H25N5O2/c1-13-20-18(23-22-13)17-11-15(12-24(17)16-7-9-26-10-8-16)21-19(25)14-5-3-2-4-6-14/h2-6,15-17H,7-12H2,1H3,(H,21,25)(H,20,22,23)/t15-,17-/m0/s1. The van der Waals surface area contributed by atoms with Crippen LogP contribution in [-0.4, -0.2) is 57.8 Å². The number of aryl methyl sites for hydroxylation is 1. The van der Waals surface area contributed by atoms with Gasteiger partial charge in [-0.15, -0.1) is 0 Å². The number of likely N-dealkylation sites (tertiary alicyclic amines) is 1. The van der Waals surface area contributed by atoms with E-state index >= 15 is 0 Å². The van der Waals surface area contributed by atoms with E-state index in [1.54, 1.807) is 0 Å². The Morgan fingerprint density at radius 1 is 1.27 bits per heavy atom. The number of carbonyl (C=O) groups is 1. The zero-order valence-electron chi connectivity index (χ0n) is 15.0. The molecule has 2 aliphatic heterocycles. The van der Waals surface area contributed by atoms with Crippen LogP contribution in [0.25, 0.3) is 0 Å². The first kappa shape index (κ1) is 17.2. The number of hydrogen-bond acceptors (Lipinski definition) is 5. The van der Waals surface area contributed by atoms with Gasteiger partial charge in [-0.25, -0.2) is 4.98 Å². The van der Waals surface area contributed by atoms with Gasteiger partial charge in [0.2, 0.25) is 0 Å². The lowest BCUT2D eigenvalue weighted by Gasteiger charge is -2.34. The van der Waals surface area contributed by atoms with E-state index < -0.39 is 0 Å². The first-order chi connectivity index (χ1) is 12.7. The van der Waals surface area contributed by atoms with E-state index in [2.05, 4.69) is 25.4 Å². The van der Waals surface area contributed by atoms with Gasteiger partial charge in [0.25, 0.3) is 5.91 Å². The number of H-pyrrole nitrogens is 1. The van der Waals surface area contributed by atoms with Crippen LogP contribution in [0.5, 0.6) is 0 Å². The van der Waals surface area contributed by atoms with Crippen LogP contribution in [0, 0.1) is 6.92 Å². The third-order valence-corrected chi connectivity index (χ3v) is 5.28. The molecule has 2 fully saturated rings. The highest BCUT2D eigenvalue weighted by Gasteiger charge is 2.40. The van der Waals surface area contributed by atoms with Crippen molar-refractivity contribution < 1.29 is 9.53 Å². The molecule has 138 valence electrons. The summed E-state index contributed by atoms with van der Waals surface area (Å²) in [5.41, 5.74) is 0.697. The summed E-state index contributed by atoms with van der Waals surface area (Å²) in [4.78, 5) is 19.6. The Hall–Kier alpha value is -2.25. The maximum Gasteiger partial charge on any atom is 0.251 e.